The number of aliphatic hydroxyl groups is 2. The number of rotatable bonds is 3. The molecule has 0 saturated carbocycles. The van der Waals surface area contributed by atoms with Gasteiger partial charge in [0.15, 0.2) is 0 Å². The molecule has 4 N–H and O–H groups in total. The van der Waals surface area contributed by atoms with Crippen molar-refractivity contribution in [3.63, 3.8) is 0 Å². The van der Waals surface area contributed by atoms with Gasteiger partial charge in [-0.15, -0.1) is 0 Å². The minimum Gasteiger partial charge on any atom is -0.395 e. The molecule has 0 rings (SSSR count). The molecule has 0 aliphatic heterocycles. The minimum absolute atomic E-state index is 0.144. The van der Waals surface area contributed by atoms with E-state index in [-0.39, 0.29) is 6.61 Å². The van der Waals surface area contributed by atoms with E-state index in [4.69, 9.17) is 15.9 Å². The van der Waals surface area contributed by atoms with Crippen molar-refractivity contribution in [3.8, 4) is 0 Å². The Hall–Kier alpha value is -0.120. The Morgan fingerprint density at radius 2 is 2.12 bits per heavy atom. The van der Waals surface area contributed by atoms with Gasteiger partial charge in [0.25, 0.3) is 0 Å². The molecule has 0 heterocycles. The maximum atomic E-state index is 8.84. The van der Waals surface area contributed by atoms with Crippen LogP contribution in [0.5, 0.6) is 0 Å². The molecule has 0 spiro atoms. The zero-order valence-electron chi connectivity index (χ0n) is 5.04. The van der Waals surface area contributed by atoms with Crippen molar-refractivity contribution in [2.45, 2.75) is 25.5 Å². The fourth-order valence-electron chi connectivity index (χ4n) is 0.424. The molecule has 0 aromatic carbocycles. The van der Waals surface area contributed by atoms with Crippen molar-refractivity contribution < 1.29 is 10.2 Å². The lowest BCUT2D eigenvalue weighted by molar-refractivity contribution is 0.106. The van der Waals surface area contributed by atoms with Gasteiger partial charge < -0.3 is 15.9 Å². The first kappa shape index (κ1) is 7.88. The van der Waals surface area contributed by atoms with Gasteiger partial charge in [0, 0.05) is 0 Å². The van der Waals surface area contributed by atoms with Crippen molar-refractivity contribution >= 4 is 0 Å². The van der Waals surface area contributed by atoms with Crippen LogP contribution in [-0.4, -0.2) is 29.0 Å². The van der Waals surface area contributed by atoms with E-state index in [1.165, 1.54) is 0 Å². The molecular formula is C5H13NO2. The van der Waals surface area contributed by atoms with Crippen molar-refractivity contribution in [2.75, 3.05) is 6.61 Å². The predicted octanol–water partition coefficient (Wildman–Crippen LogP) is -0.923. The summed E-state index contributed by atoms with van der Waals surface area (Å²) in [5.74, 6) is 0. The number of hydrogen-bond donors (Lipinski definition) is 3. The van der Waals surface area contributed by atoms with Crippen LogP contribution in [0.4, 0.5) is 0 Å². The summed E-state index contributed by atoms with van der Waals surface area (Å²) in [6.45, 7) is 1.68. The van der Waals surface area contributed by atoms with Gasteiger partial charge in [0.2, 0.25) is 0 Å². The van der Waals surface area contributed by atoms with E-state index in [1.807, 2.05) is 6.92 Å². The highest BCUT2D eigenvalue weighted by Gasteiger charge is 2.09. The third-order valence-corrected chi connectivity index (χ3v) is 1.12. The summed E-state index contributed by atoms with van der Waals surface area (Å²) >= 11 is 0. The maximum absolute atomic E-state index is 8.84. The lowest BCUT2D eigenvalue weighted by Gasteiger charge is -2.12. The van der Waals surface area contributed by atoms with Gasteiger partial charge in [0.05, 0.1) is 18.8 Å². The molecule has 8 heavy (non-hydrogen) atoms. The smallest absolute Gasteiger partial charge is 0.0710 e. The molecule has 0 aromatic rings. The Kier molecular flexibility index (Phi) is 3.77. The first-order chi connectivity index (χ1) is 3.72. The number of aliphatic hydroxyl groups excluding tert-OH is 2. The van der Waals surface area contributed by atoms with Crippen LogP contribution >= 0.6 is 0 Å². The topological polar surface area (TPSA) is 66.5 Å². The first-order valence-corrected chi connectivity index (χ1v) is 2.76. The molecule has 0 fully saturated rings. The lowest BCUT2D eigenvalue weighted by Crippen LogP contribution is -2.37. The Balaban J connectivity index is 3.29. The van der Waals surface area contributed by atoms with Gasteiger partial charge in [-0.25, -0.2) is 0 Å². The van der Waals surface area contributed by atoms with E-state index >= 15 is 0 Å². The summed E-state index contributed by atoms with van der Waals surface area (Å²) in [6, 6.07) is -0.472. The van der Waals surface area contributed by atoms with E-state index in [0.29, 0.717) is 6.42 Å². The van der Waals surface area contributed by atoms with Gasteiger partial charge in [-0.05, 0) is 6.42 Å². The molecule has 0 aliphatic rings. The highest BCUT2D eigenvalue weighted by atomic mass is 16.3. The first-order valence-electron chi connectivity index (χ1n) is 2.76. The minimum atomic E-state index is -0.556. The summed E-state index contributed by atoms with van der Waals surface area (Å²) < 4.78 is 0. The van der Waals surface area contributed by atoms with E-state index < -0.39 is 12.1 Å². The van der Waals surface area contributed by atoms with Crippen LogP contribution in [0.1, 0.15) is 13.3 Å². The Labute approximate surface area is 49.1 Å². The normalized spacial score (nSPS) is 18.0. The molecule has 50 valence electrons. The van der Waals surface area contributed by atoms with E-state index in [0.717, 1.165) is 0 Å². The summed E-state index contributed by atoms with van der Waals surface area (Å²) in [5.41, 5.74) is 5.23. The average molecular weight is 119 g/mol. The van der Waals surface area contributed by atoms with Crippen LogP contribution in [0.2, 0.25) is 0 Å². The Bertz CT molecular complexity index is 50.4. The van der Waals surface area contributed by atoms with Crippen molar-refractivity contribution in [3.05, 3.63) is 0 Å². The predicted molar refractivity (Wildman–Crippen MR) is 31.4 cm³/mol. The zero-order chi connectivity index (χ0) is 6.57. The van der Waals surface area contributed by atoms with Crippen LogP contribution in [0.3, 0.4) is 0 Å². The Morgan fingerprint density at radius 3 is 2.25 bits per heavy atom. The average Bonchev–Trinajstić information content (AvgIpc) is 1.84. The second-order valence-electron chi connectivity index (χ2n) is 1.82. The largest absolute Gasteiger partial charge is 0.395 e. The van der Waals surface area contributed by atoms with Crippen molar-refractivity contribution in [1.82, 2.24) is 0 Å². The second kappa shape index (κ2) is 3.83. The summed E-state index contributed by atoms with van der Waals surface area (Å²) in [4.78, 5) is 0. The van der Waals surface area contributed by atoms with Gasteiger partial charge in [-0.2, -0.15) is 0 Å². The molecule has 0 unspecified atom stereocenters. The molecule has 0 saturated heterocycles. The lowest BCUT2D eigenvalue weighted by atomic mass is 10.1. The maximum Gasteiger partial charge on any atom is 0.0710 e. The summed E-state index contributed by atoms with van der Waals surface area (Å²) in [7, 11) is 0. The number of nitrogens with two attached hydrogens (primary N) is 1. The third kappa shape index (κ3) is 2.26. The van der Waals surface area contributed by atoms with Crippen molar-refractivity contribution in [2.24, 2.45) is 5.73 Å². The zero-order valence-corrected chi connectivity index (χ0v) is 5.04. The molecule has 3 heteroatoms. The van der Waals surface area contributed by atoms with E-state index in [9.17, 15) is 0 Å². The van der Waals surface area contributed by atoms with Crippen LogP contribution in [0, 0.1) is 0 Å². The van der Waals surface area contributed by atoms with Gasteiger partial charge >= 0.3 is 0 Å². The third-order valence-electron chi connectivity index (χ3n) is 1.12. The quantitative estimate of drug-likeness (QED) is 0.450. The highest BCUT2D eigenvalue weighted by molar-refractivity contribution is 4.67. The SMILES string of the molecule is CC[C@@H](O)[C@H](N)CO. The molecule has 0 amide bonds. The summed E-state index contributed by atoms with van der Waals surface area (Å²) in [5, 5.41) is 17.2. The number of hydrogen-bond acceptors (Lipinski definition) is 3. The Morgan fingerprint density at radius 1 is 1.62 bits per heavy atom. The van der Waals surface area contributed by atoms with Gasteiger partial charge in [-0.1, -0.05) is 6.92 Å². The fourth-order valence-corrected chi connectivity index (χ4v) is 0.424. The monoisotopic (exact) mass is 119 g/mol. The van der Waals surface area contributed by atoms with E-state index in [2.05, 4.69) is 0 Å². The van der Waals surface area contributed by atoms with Crippen LogP contribution in [0.15, 0.2) is 0 Å². The molecule has 3 nitrogen and oxygen atoms in total. The van der Waals surface area contributed by atoms with Crippen LogP contribution < -0.4 is 5.73 Å². The van der Waals surface area contributed by atoms with E-state index in [1.54, 1.807) is 0 Å². The molecular weight excluding hydrogens is 106 g/mol. The van der Waals surface area contributed by atoms with Crippen LogP contribution in [-0.2, 0) is 0 Å². The molecule has 0 bridgehead atoms. The molecule has 0 aromatic heterocycles. The molecule has 0 aliphatic carbocycles. The molecule has 0 radical (unpaired) electrons. The van der Waals surface area contributed by atoms with Crippen molar-refractivity contribution in [1.29, 1.82) is 0 Å². The standard InChI is InChI=1S/C5H13NO2/c1-2-5(8)4(6)3-7/h4-5,7-8H,2-3,6H2,1H3/t4-,5-/m1/s1. The van der Waals surface area contributed by atoms with Gasteiger partial charge in [0.1, 0.15) is 0 Å². The fraction of sp³-hybridized carbons (Fsp3) is 1.00. The second-order valence-corrected chi connectivity index (χ2v) is 1.82. The van der Waals surface area contributed by atoms with Gasteiger partial charge in [-0.3, -0.25) is 0 Å². The van der Waals surface area contributed by atoms with Crippen LogP contribution in [0.25, 0.3) is 0 Å². The molecule has 2 atom stereocenters. The summed E-state index contributed by atoms with van der Waals surface area (Å²) in [6.07, 6.45) is 0.0434. The highest BCUT2D eigenvalue weighted by Crippen LogP contribution is 1.92.